The van der Waals surface area contributed by atoms with E-state index in [1.807, 2.05) is 36.9 Å². The first-order chi connectivity index (χ1) is 7.77. The van der Waals surface area contributed by atoms with Crippen LogP contribution in [0.2, 0.25) is 0 Å². The maximum atomic E-state index is 9.85. The van der Waals surface area contributed by atoms with Gasteiger partial charge in [0, 0.05) is 12.1 Å². The fourth-order valence-electron chi connectivity index (χ4n) is 2.02. The summed E-state index contributed by atoms with van der Waals surface area (Å²) < 4.78 is 0. The first-order valence-electron chi connectivity index (χ1n) is 5.83. The second kappa shape index (κ2) is 5.60. The molecule has 2 N–H and O–H groups in total. The number of hydrogen-bond acceptors (Lipinski definition) is 3. The molecule has 1 atom stereocenters. The van der Waals surface area contributed by atoms with E-state index in [0.717, 1.165) is 30.1 Å². The second-order valence-electron chi connectivity index (χ2n) is 4.44. The van der Waals surface area contributed by atoms with Gasteiger partial charge in [-0.15, -0.1) is 0 Å². The van der Waals surface area contributed by atoms with Crippen molar-refractivity contribution in [2.45, 2.75) is 19.9 Å². The highest BCUT2D eigenvalue weighted by atomic mass is 32.2. The van der Waals surface area contributed by atoms with Crippen LogP contribution in [0.5, 0.6) is 5.75 Å². The van der Waals surface area contributed by atoms with Gasteiger partial charge in [-0.25, -0.2) is 0 Å². The Hall–Kier alpha value is -0.670. The number of phenols is 1. The zero-order valence-corrected chi connectivity index (χ0v) is 10.5. The molecule has 1 saturated heterocycles. The van der Waals surface area contributed by atoms with Crippen molar-refractivity contribution < 1.29 is 5.11 Å². The molecule has 3 heteroatoms. The van der Waals surface area contributed by atoms with Gasteiger partial charge in [0.2, 0.25) is 0 Å². The highest BCUT2D eigenvalue weighted by Crippen LogP contribution is 2.23. The SMILES string of the molecule is Cc1cccc(CNCC2CCSC2)c1O. The van der Waals surface area contributed by atoms with Crippen LogP contribution >= 0.6 is 11.8 Å². The van der Waals surface area contributed by atoms with Crippen LogP contribution in [0, 0.1) is 12.8 Å². The van der Waals surface area contributed by atoms with Crippen molar-refractivity contribution in [2.24, 2.45) is 5.92 Å². The van der Waals surface area contributed by atoms with Crippen LogP contribution in [-0.4, -0.2) is 23.2 Å². The van der Waals surface area contributed by atoms with Crippen molar-refractivity contribution in [3.05, 3.63) is 29.3 Å². The maximum Gasteiger partial charge on any atom is 0.122 e. The number of benzene rings is 1. The Bertz CT molecular complexity index is 348. The summed E-state index contributed by atoms with van der Waals surface area (Å²) in [5.41, 5.74) is 1.96. The first kappa shape index (κ1) is 11.8. The zero-order chi connectivity index (χ0) is 11.4. The summed E-state index contributed by atoms with van der Waals surface area (Å²) in [5, 5.41) is 13.3. The lowest BCUT2D eigenvalue weighted by molar-refractivity contribution is 0.455. The van der Waals surface area contributed by atoms with Crippen LogP contribution in [0.4, 0.5) is 0 Å². The molecule has 1 heterocycles. The van der Waals surface area contributed by atoms with Gasteiger partial charge < -0.3 is 10.4 Å². The largest absolute Gasteiger partial charge is 0.507 e. The maximum absolute atomic E-state index is 9.85. The third-order valence-electron chi connectivity index (χ3n) is 3.09. The number of aryl methyl sites for hydroxylation is 1. The van der Waals surface area contributed by atoms with Crippen LogP contribution in [0.3, 0.4) is 0 Å². The van der Waals surface area contributed by atoms with E-state index in [9.17, 15) is 5.11 Å². The Morgan fingerprint density at radius 1 is 1.50 bits per heavy atom. The van der Waals surface area contributed by atoms with Crippen molar-refractivity contribution >= 4 is 11.8 Å². The van der Waals surface area contributed by atoms with Crippen LogP contribution in [-0.2, 0) is 6.54 Å². The van der Waals surface area contributed by atoms with Gasteiger partial charge >= 0.3 is 0 Å². The molecule has 16 heavy (non-hydrogen) atoms. The van der Waals surface area contributed by atoms with Crippen molar-refractivity contribution in [3.63, 3.8) is 0 Å². The van der Waals surface area contributed by atoms with Crippen molar-refractivity contribution in [1.82, 2.24) is 5.32 Å². The van der Waals surface area contributed by atoms with Gasteiger partial charge in [0.15, 0.2) is 0 Å². The van der Waals surface area contributed by atoms with Crippen LogP contribution < -0.4 is 5.32 Å². The van der Waals surface area contributed by atoms with Crippen molar-refractivity contribution in [3.8, 4) is 5.75 Å². The first-order valence-corrected chi connectivity index (χ1v) is 6.99. The molecule has 1 aromatic rings. The summed E-state index contributed by atoms with van der Waals surface area (Å²) in [4.78, 5) is 0. The smallest absolute Gasteiger partial charge is 0.122 e. The number of nitrogens with one attached hydrogen (secondary N) is 1. The lowest BCUT2D eigenvalue weighted by atomic mass is 10.1. The Labute approximate surface area is 101 Å². The van der Waals surface area contributed by atoms with Gasteiger partial charge in [-0.1, -0.05) is 18.2 Å². The lowest BCUT2D eigenvalue weighted by Gasteiger charge is -2.11. The normalized spacial score (nSPS) is 20.2. The summed E-state index contributed by atoms with van der Waals surface area (Å²) in [7, 11) is 0. The number of para-hydroxylation sites is 1. The standard InChI is InChI=1S/C13H19NOS/c1-10-3-2-4-12(13(10)15)8-14-7-11-5-6-16-9-11/h2-4,11,14-15H,5-9H2,1H3. The monoisotopic (exact) mass is 237 g/mol. The van der Waals surface area contributed by atoms with E-state index in [2.05, 4.69) is 5.32 Å². The molecular weight excluding hydrogens is 218 g/mol. The van der Waals surface area contributed by atoms with Crippen LogP contribution in [0.15, 0.2) is 18.2 Å². The number of thioether (sulfide) groups is 1. The minimum absolute atomic E-state index is 0.441. The average Bonchev–Trinajstić information content (AvgIpc) is 2.77. The van der Waals surface area contributed by atoms with Gasteiger partial charge in [-0.3, -0.25) is 0 Å². The van der Waals surface area contributed by atoms with E-state index in [1.54, 1.807) is 0 Å². The van der Waals surface area contributed by atoms with Gasteiger partial charge in [-0.05, 0) is 42.9 Å². The van der Waals surface area contributed by atoms with E-state index in [-0.39, 0.29) is 0 Å². The Kier molecular flexibility index (Phi) is 4.13. The molecule has 1 aliphatic rings. The molecule has 0 spiro atoms. The van der Waals surface area contributed by atoms with E-state index in [0.29, 0.717) is 5.75 Å². The summed E-state index contributed by atoms with van der Waals surface area (Å²) in [6, 6.07) is 5.92. The molecule has 88 valence electrons. The second-order valence-corrected chi connectivity index (χ2v) is 5.59. The molecule has 0 amide bonds. The molecule has 1 unspecified atom stereocenters. The fraction of sp³-hybridized carbons (Fsp3) is 0.538. The highest BCUT2D eigenvalue weighted by molar-refractivity contribution is 7.99. The third kappa shape index (κ3) is 2.92. The number of aromatic hydroxyl groups is 1. The lowest BCUT2D eigenvalue weighted by Crippen LogP contribution is -2.22. The van der Waals surface area contributed by atoms with Crippen molar-refractivity contribution in [2.75, 3.05) is 18.1 Å². The van der Waals surface area contributed by atoms with E-state index in [1.165, 1.54) is 17.9 Å². The quantitative estimate of drug-likeness (QED) is 0.844. The molecule has 1 aliphatic heterocycles. The molecule has 0 aromatic heterocycles. The molecule has 0 bridgehead atoms. The zero-order valence-electron chi connectivity index (χ0n) is 9.70. The van der Waals surface area contributed by atoms with Gasteiger partial charge in [0.1, 0.15) is 5.75 Å². The molecular formula is C13H19NOS. The molecule has 2 rings (SSSR count). The van der Waals surface area contributed by atoms with E-state index >= 15 is 0 Å². The van der Waals surface area contributed by atoms with Crippen LogP contribution in [0.1, 0.15) is 17.5 Å². The average molecular weight is 237 g/mol. The molecule has 2 nitrogen and oxygen atoms in total. The molecule has 1 aromatic carbocycles. The molecule has 0 radical (unpaired) electrons. The highest BCUT2D eigenvalue weighted by Gasteiger charge is 2.14. The van der Waals surface area contributed by atoms with E-state index < -0.39 is 0 Å². The minimum atomic E-state index is 0.441. The van der Waals surface area contributed by atoms with Gasteiger partial charge in [0.05, 0.1) is 0 Å². The Balaban J connectivity index is 1.82. The summed E-state index contributed by atoms with van der Waals surface area (Å²) in [5.74, 6) is 3.85. The predicted octanol–water partition coefficient (Wildman–Crippen LogP) is 2.54. The van der Waals surface area contributed by atoms with Gasteiger partial charge in [0.25, 0.3) is 0 Å². The summed E-state index contributed by atoms with van der Waals surface area (Å²) in [6.45, 7) is 3.78. The molecule has 0 aliphatic carbocycles. The number of hydrogen-bond donors (Lipinski definition) is 2. The van der Waals surface area contributed by atoms with E-state index in [4.69, 9.17) is 0 Å². The van der Waals surface area contributed by atoms with Crippen molar-refractivity contribution in [1.29, 1.82) is 0 Å². The fourth-order valence-corrected chi connectivity index (χ4v) is 3.30. The number of phenolic OH excluding ortho intramolecular Hbond substituents is 1. The third-order valence-corrected chi connectivity index (χ3v) is 4.33. The van der Waals surface area contributed by atoms with Gasteiger partial charge in [-0.2, -0.15) is 11.8 Å². The summed E-state index contributed by atoms with van der Waals surface area (Å²) in [6.07, 6.45) is 1.33. The minimum Gasteiger partial charge on any atom is -0.507 e. The topological polar surface area (TPSA) is 32.3 Å². The number of rotatable bonds is 4. The molecule has 1 fully saturated rings. The molecule has 0 saturated carbocycles. The predicted molar refractivity (Wildman–Crippen MR) is 70.0 cm³/mol. The van der Waals surface area contributed by atoms with Crippen LogP contribution in [0.25, 0.3) is 0 Å². The Morgan fingerprint density at radius 2 is 2.38 bits per heavy atom. The summed E-state index contributed by atoms with van der Waals surface area (Å²) >= 11 is 2.04. The Morgan fingerprint density at radius 3 is 3.12 bits per heavy atom.